The normalized spacial score (nSPS) is 10.6. The highest BCUT2D eigenvalue weighted by Gasteiger charge is 2.02. The van der Waals surface area contributed by atoms with Crippen LogP contribution in [-0.4, -0.2) is 4.57 Å². The van der Waals surface area contributed by atoms with Crippen molar-refractivity contribution in [3.05, 3.63) is 77.2 Å². The summed E-state index contributed by atoms with van der Waals surface area (Å²) in [6.07, 6.45) is 1.82. The molecule has 3 rings (SSSR count). The summed E-state index contributed by atoms with van der Waals surface area (Å²) in [6, 6.07) is 19.2. The van der Waals surface area contributed by atoms with Gasteiger partial charge in [-0.2, -0.15) is 0 Å². The van der Waals surface area contributed by atoms with Crippen molar-refractivity contribution >= 4 is 10.8 Å². The Bertz CT molecular complexity index is 714. The highest BCUT2D eigenvalue weighted by atomic mass is 16.1. The largest absolute Gasteiger partial charge is 0.284 e. The van der Waals surface area contributed by atoms with Crippen molar-refractivity contribution in [2.75, 3.05) is 0 Å². The van der Waals surface area contributed by atoms with Crippen LogP contribution in [0.1, 0.15) is 0 Å². The number of hydrogen-bond acceptors (Lipinski definition) is 1. The second-order valence-electron chi connectivity index (χ2n) is 3.91. The van der Waals surface area contributed by atoms with Crippen LogP contribution in [0, 0.1) is 0 Å². The van der Waals surface area contributed by atoms with Gasteiger partial charge in [-0.15, -0.1) is 0 Å². The third kappa shape index (κ3) is 1.64. The molecule has 3 aromatic rings. The van der Waals surface area contributed by atoms with Crippen molar-refractivity contribution < 1.29 is 0 Å². The molecule has 0 spiro atoms. The molecule has 0 bridgehead atoms. The number of benzene rings is 2. The van der Waals surface area contributed by atoms with Gasteiger partial charge in [0.15, 0.2) is 0 Å². The molecule has 0 saturated heterocycles. The number of pyridine rings is 1. The Hall–Kier alpha value is -2.35. The average molecular weight is 221 g/mol. The zero-order valence-electron chi connectivity index (χ0n) is 9.21. The fourth-order valence-electron chi connectivity index (χ4n) is 1.98. The maximum atomic E-state index is 12.3. The Balaban J connectivity index is 2.33. The molecule has 0 aliphatic carbocycles. The van der Waals surface area contributed by atoms with E-state index < -0.39 is 0 Å². The van der Waals surface area contributed by atoms with Crippen molar-refractivity contribution in [2.24, 2.45) is 0 Å². The molecule has 0 fully saturated rings. The Morgan fingerprint density at radius 3 is 2.29 bits per heavy atom. The number of fused-ring (bicyclic) bond motifs is 1. The van der Waals surface area contributed by atoms with E-state index in [4.69, 9.17) is 0 Å². The minimum Gasteiger partial charge on any atom is -0.284 e. The first-order valence-corrected chi connectivity index (χ1v) is 5.52. The van der Waals surface area contributed by atoms with E-state index in [2.05, 4.69) is 0 Å². The van der Waals surface area contributed by atoms with E-state index in [1.165, 1.54) is 0 Å². The molecule has 2 heteroatoms. The van der Waals surface area contributed by atoms with Gasteiger partial charge in [-0.05, 0) is 29.7 Å². The smallest absolute Gasteiger partial charge is 0.262 e. The minimum atomic E-state index is 0.0225. The van der Waals surface area contributed by atoms with E-state index in [1.54, 1.807) is 4.57 Å². The van der Waals surface area contributed by atoms with Crippen LogP contribution in [0.2, 0.25) is 0 Å². The Labute approximate surface area is 98.8 Å². The SMILES string of the molecule is O=c1c2ccccc2ccn1-c1ccccc1. The summed E-state index contributed by atoms with van der Waals surface area (Å²) >= 11 is 0. The Morgan fingerprint density at radius 1 is 0.765 bits per heavy atom. The molecule has 82 valence electrons. The zero-order chi connectivity index (χ0) is 11.7. The number of hydrogen-bond donors (Lipinski definition) is 0. The Kier molecular flexibility index (Phi) is 2.26. The van der Waals surface area contributed by atoms with Crippen LogP contribution < -0.4 is 5.56 Å². The van der Waals surface area contributed by atoms with Gasteiger partial charge in [0.1, 0.15) is 0 Å². The average Bonchev–Trinajstić information content (AvgIpc) is 2.40. The number of nitrogens with zero attached hydrogens (tertiary/aromatic N) is 1. The maximum Gasteiger partial charge on any atom is 0.262 e. The summed E-state index contributed by atoms with van der Waals surface area (Å²) in [6.45, 7) is 0. The van der Waals surface area contributed by atoms with Gasteiger partial charge < -0.3 is 0 Å². The zero-order valence-corrected chi connectivity index (χ0v) is 9.21. The topological polar surface area (TPSA) is 22.0 Å². The molecule has 0 atom stereocenters. The summed E-state index contributed by atoms with van der Waals surface area (Å²) < 4.78 is 1.67. The molecule has 1 aromatic heterocycles. The van der Waals surface area contributed by atoms with Crippen LogP contribution in [0.25, 0.3) is 16.5 Å². The van der Waals surface area contributed by atoms with Gasteiger partial charge in [0, 0.05) is 17.3 Å². The molecule has 0 aliphatic heterocycles. The standard InChI is InChI=1S/C15H11NO/c17-15-14-9-5-4-6-12(14)10-11-16(15)13-7-2-1-3-8-13/h1-11H. The van der Waals surface area contributed by atoms with Crippen molar-refractivity contribution in [3.63, 3.8) is 0 Å². The van der Waals surface area contributed by atoms with Crippen molar-refractivity contribution in [2.45, 2.75) is 0 Å². The lowest BCUT2D eigenvalue weighted by atomic mass is 10.2. The van der Waals surface area contributed by atoms with Crippen molar-refractivity contribution in [3.8, 4) is 5.69 Å². The molecule has 1 heterocycles. The van der Waals surface area contributed by atoms with Gasteiger partial charge in [-0.1, -0.05) is 36.4 Å². The lowest BCUT2D eigenvalue weighted by molar-refractivity contribution is 1.01. The third-order valence-electron chi connectivity index (χ3n) is 2.85. The summed E-state index contributed by atoms with van der Waals surface area (Å²) in [5.41, 5.74) is 0.914. The summed E-state index contributed by atoms with van der Waals surface area (Å²) in [5, 5.41) is 1.73. The molecule has 0 saturated carbocycles. The molecule has 2 aromatic carbocycles. The second-order valence-corrected chi connectivity index (χ2v) is 3.91. The molecular formula is C15H11NO. The maximum absolute atomic E-state index is 12.3. The second kappa shape index (κ2) is 3.91. The summed E-state index contributed by atoms with van der Waals surface area (Å²) in [4.78, 5) is 12.3. The van der Waals surface area contributed by atoms with Gasteiger partial charge in [0.2, 0.25) is 0 Å². The summed E-state index contributed by atoms with van der Waals surface area (Å²) in [7, 11) is 0. The molecule has 17 heavy (non-hydrogen) atoms. The first-order chi connectivity index (χ1) is 8.36. The van der Waals surface area contributed by atoms with Gasteiger partial charge in [0.05, 0.1) is 0 Å². The molecule has 0 N–H and O–H groups in total. The predicted octanol–water partition coefficient (Wildman–Crippen LogP) is 2.99. The molecule has 0 amide bonds. The molecule has 0 aliphatic rings. The van der Waals surface area contributed by atoms with E-state index in [1.807, 2.05) is 66.9 Å². The number of para-hydroxylation sites is 1. The van der Waals surface area contributed by atoms with Crippen molar-refractivity contribution in [1.82, 2.24) is 4.57 Å². The number of aromatic nitrogens is 1. The van der Waals surface area contributed by atoms with Gasteiger partial charge in [-0.25, -0.2) is 0 Å². The highest BCUT2D eigenvalue weighted by molar-refractivity contribution is 5.81. The van der Waals surface area contributed by atoms with Crippen LogP contribution in [0.5, 0.6) is 0 Å². The van der Waals surface area contributed by atoms with Gasteiger partial charge in [-0.3, -0.25) is 9.36 Å². The monoisotopic (exact) mass is 221 g/mol. The lowest BCUT2D eigenvalue weighted by Gasteiger charge is -2.06. The van der Waals surface area contributed by atoms with Crippen molar-refractivity contribution in [1.29, 1.82) is 0 Å². The summed E-state index contributed by atoms with van der Waals surface area (Å²) in [5.74, 6) is 0. The molecule has 0 radical (unpaired) electrons. The van der Waals surface area contributed by atoms with Gasteiger partial charge in [0.25, 0.3) is 5.56 Å². The first kappa shape index (κ1) is 9.85. The lowest BCUT2D eigenvalue weighted by Crippen LogP contribution is -2.17. The third-order valence-corrected chi connectivity index (χ3v) is 2.85. The van der Waals surface area contributed by atoms with Crippen LogP contribution in [0.15, 0.2) is 71.7 Å². The van der Waals surface area contributed by atoms with E-state index in [0.29, 0.717) is 0 Å². The van der Waals surface area contributed by atoms with E-state index in [-0.39, 0.29) is 5.56 Å². The van der Waals surface area contributed by atoms with E-state index >= 15 is 0 Å². The van der Waals surface area contributed by atoms with Crippen LogP contribution >= 0.6 is 0 Å². The molecule has 0 unspecified atom stereocenters. The molecular weight excluding hydrogens is 210 g/mol. The van der Waals surface area contributed by atoms with Crippen LogP contribution in [0.3, 0.4) is 0 Å². The van der Waals surface area contributed by atoms with Crippen LogP contribution in [-0.2, 0) is 0 Å². The van der Waals surface area contributed by atoms with E-state index in [0.717, 1.165) is 16.5 Å². The molecule has 2 nitrogen and oxygen atoms in total. The fraction of sp³-hybridized carbons (Fsp3) is 0. The van der Waals surface area contributed by atoms with Gasteiger partial charge >= 0.3 is 0 Å². The minimum absolute atomic E-state index is 0.0225. The Morgan fingerprint density at radius 2 is 1.47 bits per heavy atom. The van der Waals surface area contributed by atoms with Crippen LogP contribution in [0.4, 0.5) is 0 Å². The first-order valence-electron chi connectivity index (χ1n) is 5.52. The highest BCUT2D eigenvalue weighted by Crippen LogP contribution is 2.11. The fourth-order valence-corrected chi connectivity index (χ4v) is 1.98. The van der Waals surface area contributed by atoms with E-state index in [9.17, 15) is 4.79 Å². The quantitative estimate of drug-likeness (QED) is 0.619. The predicted molar refractivity (Wildman–Crippen MR) is 69.5 cm³/mol. The number of rotatable bonds is 1.